The number of sulfonamides is 1. The Hall–Kier alpha value is -4.48. The Labute approximate surface area is 245 Å². The Morgan fingerprint density at radius 3 is 2.17 bits per heavy atom. The molecule has 0 spiro atoms. The molecule has 5 rings (SSSR count). The summed E-state index contributed by atoms with van der Waals surface area (Å²) >= 11 is 0. The van der Waals surface area contributed by atoms with E-state index in [1.165, 1.54) is 12.1 Å². The second-order valence-corrected chi connectivity index (χ2v) is 14.1. The lowest BCUT2D eigenvalue weighted by Gasteiger charge is -2.17. The van der Waals surface area contributed by atoms with Crippen LogP contribution in [0, 0.1) is 0 Å². The van der Waals surface area contributed by atoms with E-state index in [2.05, 4.69) is 20.0 Å². The minimum Gasteiger partial charge on any atom is -0.383 e. The van der Waals surface area contributed by atoms with E-state index in [9.17, 15) is 16.8 Å². The van der Waals surface area contributed by atoms with Crippen LogP contribution in [0.15, 0.2) is 101 Å². The van der Waals surface area contributed by atoms with Crippen LogP contribution in [-0.2, 0) is 19.9 Å². The quantitative estimate of drug-likeness (QED) is 0.188. The second-order valence-electron chi connectivity index (χ2n) is 10.1. The van der Waals surface area contributed by atoms with Crippen LogP contribution < -0.4 is 15.8 Å². The van der Waals surface area contributed by atoms with Gasteiger partial charge in [-0.05, 0) is 73.5 Å². The van der Waals surface area contributed by atoms with E-state index in [1.54, 1.807) is 61.7 Å². The standard InChI is InChI=1S/C31H31N5O4S2/c1-4-41(37,38)25-13-10-21(11-14-25)27-17-23-16-22(12-15-28(23)35-30(27)32)24-18-29(31(33-19-24)34-20(2)3)36-42(39,40)26-8-6-5-7-9-26/h5-20,36H,4H2,1-3H3,(H2,32,35)(H,33,34). The van der Waals surface area contributed by atoms with E-state index in [4.69, 9.17) is 5.73 Å². The van der Waals surface area contributed by atoms with Crippen molar-refractivity contribution in [2.45, 2.75) is 36.6 Å². The summed E-state index contributed by atoms with van der Waals surface area (Å²) in [6.07, 6.45) is 1.69. The summed E-state index contributed by atoms with van der Waals surface area (Å²) in [5.41, 5.74) is 10.2. The van der Waals surface area contributed by atoms with Crippen molar-refractivity contribution in [1.29, 1.82) is 0 Å². The molecule has 2 heterocycles. The highest BCUT2D eigenvalue weighted by Gasteiger charge is 2.18. The topological polar surface area (TPSA) is 144 Å². The molecular weight excluding hydrogens is 571 g/mol. The summed E-state index contributed by atoms with van der Waals surface area (Å²) in [4.78, 5) is 9.51. The highest BCUT2D eigenvalue weighted by Crippen LogP contribution is 2.34. The van der Waals surface area contributed by atoms with Gasteiger partial charge in [0.2, 0.25) is 0 Å². The van der Waals surface area contributed by atoms with Gasteiger partial charge in [0.25, 0.3) is 10.0 Å². The fourth-order valence-corrected chi connectivity index (χ4v) is 6.47. The van der Waals surface area contributed by atoms with Gasteiger partial charge in [0.1, 0.15) is 5.82 Å². The molecule has 0 unspecified atom stereocenters. The lowest BCUT2D eigenvalue weighted by Crippen LogP contribution is -2.17. The third-order valence-corrected chi connectivity index (χ3v) is 9.82. The average Bonchev–Trinajstić information content (AvgIpc) is 2.97. The predicted octanol–water partition coefficient (Wildman–Crippen LogP) is 5.96. The summed E-state index contributed by atoms with van der Waals surface area (Å²) in [5, 5.41) is 4.01. The van der Waals surface area contributed by atoms with Crippen molar-refractivity contribution in [2.24, 2.45) is 0 Å². The first-order valence-corrected chi connectivity index (χ1v) is 16.5. The highest BCUT2D eigenvalue weighted by atomic mass is 32.2. The molecule has 216 valence electrons. The Bertz CT molecular complexity index is 1980. The molecule has 42 heavy (non-hydrogen) atoms. The maximum Gasteiger partial charge on any atom is 0.262 e. The van der Waals surface area contributed by atoms with Crippen LogP contribution in [0.1, 0.15) is 20.8 Å². The Balaban J connectivity index is 1.54. The number of fused-ring (bicyclic) bond motifs is 1. The van der Waals surface area contributed by atoms with Crippen molar-refractivity contribution < 1.29 is 16.8 Å². The van der Waals surface area contributed by atoms with Crippen molar-refractivity contribution in [3.8, 4) is 22.3 Å². The minimum absolute atomic E-state index is 0.0214. The molecule has 2 aromatic heterocycles. The molecule has 0 saturated carbocycles. The summed E-state index contributed by atoms with van der Waals surface area (Å²) in [6, 6.07) is 24.1. The number of nitrogens with zero attached hydrogens (tertiary/aromatic N) is 2. The van der Waals surface area contributed by atoms with Crippen LogP contribution >= 0.6 is 0 Å². The van der Waals surface area contributed by atoms with Crippen LogP contribution in [0.5, 0.6) is 0 Å². The number of anilines is 3. The molecule has 0 saturated heterocycles. The molecule has 3 aromatic carbocycles. The van der Waals surface area contributed by atoms with Gasteiger partial charge in [-0.3, -0.25) is 4.72 Å². The highest BCUT2D eigenvalue weighted by molar-refractivity contribution is 7.92. The van der Waals surface area contributed by atoms with Crippen molar-refractivity contribution in [3.63, 3.8) is 0 Å². The van der Waals surface area contributed by atoms with Crippen LogP contribution in [0.3, 0.4) is 0 Å². The number of benzene rings is 3. The Morgan fingerprint density at radius 1 is 0.810 bits per heavy atom. The van der Waals surface area contributed by atoms with Crippen molar-refractivity contribution in [1.82, 2.24) is 9.97 Å². The number of rotatable bonds is 9. The van der Waals surface area contributed by atoms with Gasteiger partial charge in [0.15, 0.2) is 15.7 Å². The monoisotopic (exact) mass is 601 g/mol. The van der Waals surface area contributed by atoms with Crippen LogP contribution in [0.25, 0.3) is 33.2 Å². The molecule has 0 bridgehead atoms. The maximum absolute atomic E-state index is 13.1. The zero-order valence-corrected chi connectivity index (χ0v) is 25.0. The SMILES string of the molecule is CCS(=O)(=O)c1ccc(-c2cc3cc(-c4cnc(NC(C)C)c(NS(=O)(=O)c5ccccc5)c4)ccc3nc2N)cc1. The van der Waals surface area contributed by atoms with E-state index in [0.29, 0.717) is 34.0 Å². The van der Waals surface area contributed by atoms with E-state index >= 15 is 0 Å². The molecular formula is C31H31N5O4S2. The molecule has 11 heteroatoms. The summed E-state index contributed by atoms with van der Waals surface area (Å²) in [5.74, 6) is 0.761. The maximum atomic E-state index is 13.1. The zero-order chi connectivity index (χ0) is 30.1. The number of aromatic nitrogens is 2. The Kier molecular flexibility index (Phi) is 7.89. The number of sulfone groups is 1. The fourth-order valence-electron chi connectivity index (χ4n) is 4.50. The lowest BCUT2D eigenvalue weighted by atomic mass is 10.0. The predicted molar refractivity (Wildman–Crippen MR) is 169 cm³/mol. The van der Waals surface area contributed by atoms with E-state index in [1.807, 2.05) is 38.1 Å². The van der Waals surface area contributed by atoms with Crippen LogP contribution in [0.4, 0.5) is 17.3 Å². The molecule has 0 fully saturated rings. The smallest absolute Gasteiger partial charge is 0.262 e. The number of nitrogen functional groups attached to an aromatic ring is 1. The molecule has 9 nitrogen and oxygen atoms in total. The molecule has 0 aliphatic rings. The number of hydrogen-bond donors (Lipinski definition) is 3. The number of nitrogens with two attached hydrogens (primary N) is 1. The molecule has 0 radical (unpaired) electrons. The van der Waals surface area contributed by atoms with Gasteiger partial charge in [0.05, 0.1) is 26.7 Å². The lowest BCUT2D eigenvalue weighted by molar-refractivity contribution is 0.596. The summed E-state index contributed by atoms with van der Waals surface area (Å²) in [7, 11) is -7.17. The molecule has 0 aliphatic carbocycles. The Morgan fingerprint density at radius 2 is 1.50 bits per heavy atom. The van der Waals surface area contributed by atoms with Gasteiger partial charge in [-0.25, -0.2) is 26.8 Å². The molecule has 0 atom stereocenters. The fraction of sp³-hybridized carbons (Fsp3) is 0.161. The first-order valence-electron chi connectivity index (χ1n) is 13.3. The minimum atomic E-state index is -3.85. The van der Waals surface area contributed by atoms with Crippen molar-refractivity contribution >= 4 is 48.1 Å². The third-order valence-electron chi connectivity index (χ3n) is 6.69. The van der Waals surface area contributed by atoms with Gasteiger partial charge >= 0.3 is 0 Å². The van der Waals surface area contributed by atoms with Crippen LogP contribution in [-0.4, -0.2) is 38.6 Å². The summed E-state index contributed by atoms with van der Waals surface area (Å²) < 4.78 is 53.4. The van der Waals surface area contributed by atoms with E-state index in [-0.39, 0.29) is 21.6 Å². The molecule has 0 amide bonds. The second kappa shape index (κ2) is 11.4. The molecule has 0 aliphatic heterocycles. The normalized spacial score (nSPS) is 12.0. The van der Waals surface area contributed by atoms with Gasteiger partial charge in [0, 0.05) is 28.8 Å². The van der Waals surface area contributed by atoms with Crippen molar-refractivity contribution in [2.75, 3.05) is 21.5 Å². The number of pyridine rings is 2. The van der Waals surface area contributed by atoms with E-state index < -0.39 is 19.9 Å². The van der Waals surface area contributed by atoms with Crippen molar-refractivity contribution in [3.05, 3.63) is 91.1 Å². The largest absolute Gasteiger partial charge is 0.383 e. The van der Waals surface area contributed by atoms with Gasteiger partial charge in [-0.15, -0.1) is 0 Å². The molecule has 5 aromatic rings. The third kappa shape index (κ3) is 6.07. The van der Waals surface area contributed by atoms with E-state index in [0.717, 1.165) is 16.5 Å². The first kappa shape index (κ1) is 29.0. The number of hydrogen-bond acceptors (Lipinski definition) is 8. The average molecular weight is 602 g/mol. The van der Waals surface area contributed by atoms with Gasteiger partial charge < -0.3 is 11.1 Å². The van der Waals surface area contributed by atoms with Gasteiger partial charge in [-0.1, -0.05) is 43.3 Å². The summed E-state index contributed by atoms with van der Waals surface area (Å²) in [6.45, 7) is 5.50. The first-order chi connectivity index (χ1) is 20.0. The molecule has 4 N–H and O–H groups in total. The van der Waals surface area contributed by atoms with Crippen LogP contribution in [0.2, 0.25) is 0 Å². The zero-order valence-electron chi connectivity index (χ0n) is 23.4. The number of nitrogens with one attached hydrogen (secondary N) is 2. The van der Waals surface area contributed by atoms with Gasteiger partial charge in [-0.2, -0.15) is 0 Å².